The normalized spacial score (nSPS) is 21.9. The smallest absolute Gasteiger partial charge is 0.0944 e. The molecule has 0 unspecified atom stereocenters. The highest BCUT2D eigenvalue weighted by atomic mass is 32.1. The molecule has 1 saturated carbocycles. The van der Waals surface area contributed by atoms with Gasteiger partial charge in [-0.05, 0) is 33.7 Å². The van der Waals surface area contributed by atoms with E-state index in [0.717, 1.165) is 13.0 Å². The lowest BCUT2D eigenvalue weighted by Crippen LogP contribution is -2.45. The fourth-order valence-corrected chi connectivity index (χ4v) is 4.06. The molecule has 0 bridgehead atoms. The highest BCUT2D eigenvalue weighted by molar-refractivity contribution is 7.11. The molecule has 0 atom stereocenters. The van der Waals surface area contributed by atoms with Crippen LogP contribution in [0.15, 0.2) is 0 Å². The summed E-state index contributed by atoms with van der Waals surface area (Å²) in [7, 11) is 2.20. The molecule has 4 nitrogen and oxygen atoms in total. The lowest BCUT2D eigenvalue weighted by molar-refractivity contribution is 0.155. The van der Waals surface area contributed by atoms with Gasteiger partial charge >= 0.3 is 0 Å². The Bertz CT molecular complexity index is 479. The van der Waals surface area contributed by atoms with Gasteiger partial charge in [0.25, 0.3) is 0 Å². The molecule has 3 rings (SSSR count). The van der Waals surface area contributed by atoms with Gasteiger partial charge in [0.2, 0.25) is 0 Å². The van der Waals surface area contributed by atoms with E-state index < -0.39 is 0 Å². The number of nitrogens with two attached hydrogens (primary N) is 1. The van der Waals surface area contributed by atoms with E-state index in [0.29, 0.717) is 5.92 Å². The Balaban J connectivity index is 1.63. The molecule has 0 aromatic carbocycles. The summed E-state index contributed by atoms with van der Waals surface area (Å²) in [4.78, 5) is 11.2. The summed E-state index contributed by atoms with van der Waals surface area (Å²) in [5, 5.41) is 1.28. The summed E-state index contributed by atoms with van der Waals surface area (Å²) in [5.74, 6) is 0.691. The molecule has 2 N–H and O–H groups in total. The number of aromatic nitrogens is 1. The topological polar surface area (TPSA) is 45.4 Å². The van der Waals surface area contributed by atoms with Crippen molar-refractivity contribution in [1.82, 2.24) is 14.8 Å². The molecule has 1 aliphatic heterocycles. The van der Waals surface area contributed by atoms with E-state index in [4.69, 9.17) is 10.7 Å². The molecule has 2 fully saturated rings. The first-order valence-electron chi connectivity index (χ1n) is 8.13. The second-order valence-electron chi connectivity index (χ2n) is 7.21. The van der Waals surface area contributed by atoms with Crippen LogP contribution in [0.2, 0.25) is 0 Å². The molecule has 0 spiro atoms. The minimum Gasteiger partial charge on any atom is -0.321 e. The molecule has 1 aromatic heterocycles. The Morgan fingerprint density at radius 2 is 1.90 bits per heavy atom. The number of rotatable bonds is 5. The Morgan fingerprint density at radius 3 is 2.48 bits per heavy atom. The molecular weight excluding hydrogens is 280 g/mol. The van der Waals surface area contributed by atoms with Gasteiger partial charge in [0.1, 0.15) is 0 Å². The maximum absolute atomic E-state index is 6.35. The van der Waals surface area contributed by atoms with E-state index in [1.807, 2.05) is 11.3 Å². The second kappa shape index (κ2) is 5.95. The van der Waals surface area contributed by atoms with Crippen molar-refractivity contribution < 1.29 is 0 Å². The van der Waals surface area contributed by atoms with Crippen LogP contribution in [0.5, 0.6) is 0 Å². The molecule has 5 heteroatoms. The van der Waals surface area contributed by atoms with Crippen molar-refractivity contribution in [1.29, 1.82) is 0 Å². The third-order valence-corrected chi connectivity index (χ3v) is 5.96. The van der Waals surface area contributed by atoms with Crippen molar-refractivity contribution in [2.24, 2.45) is 5.73 Å². The van der Waals surface area contributed by atoms with Crippen LogP contribution in [0.3, 0.4) is 0 Å². The van der Waals surface area contributed by atoms with Gasteiger partial charge < -0.3 is 15.5 Å². The van der Waals surface area contributed by atoms with Gasteiger partial charge in [-0.1, -0.05) is 0 Å². The Kier molecular flexibility index (Phi) is 4.37. The van der Waals surface area contributed by atoms with Gasteiger partial charge in [-0.2, -0.15) is 0 Å². The van der Waals surface area contributed by atoms with Crippen LogP contribution < -0.4 is 5.73 Å². The Morgan fingerprint density at radius 1 is 1.24 bits per heavy atom. The van der Waals surface area contributed by atoms with Crippen LogP contribution in [0.25, 0.3) is 0 Å². The summed E-state index contributed by atoms with van der Waals surface area (Å²) in [6.45, 7) is 10.1. The predicted octanol–water partition coefficient (Wildman–Crippen LogP) is 2.00. The molecule has 21 heavy (non-hydrogen) atoms. The molecule has 1 aromatic rings. The lowest BCUT2D eigenvalue weighted by atomic mass is 10.0. The van der Waals surface area contributed by atoms with Crippen LogP contribution in [0.1, 0.15) is 48.2 Å². The van der Waals surface area contributed by atoms with Gasteiger partial charge in [0.15, 0.2) is 0 Å². The highest BCUT2D eigenvalue weighted by Gasteiger charge is 2.33. The standard InChI is InChI=1S/C16H28N4S/c1-16(2,17)15-14(12-4-5-12)18-13(21-15)6-7-20-10-8-19(3)9-11-20/h12H,4-11,17H2,1-3H3. The van der Waals surface area contributed by atoms with E-state index in [2.05, 4.69) is 30.7 Å². The van der Waals surface area contributed by atoms with Crippen LogP contribution >= 0.6 is 11.3 Å². The SMILES string of the molecule is CN1CCN(CCc2nc(C3CC3)c(C(C)(C)N)s2)CC1. The van der Waals surface area contributed by atoms with Crippen molar-refractivity contribution >= 4 is 11.3 Å². The third kappa shape index (κ3) is 3.83. The molecule has 1 saturated heterocycles. The molecular formula is C16H28N4S. The fourth-order valence-electron chi connectivity index (χ4n) is 2.91. The Labute approximate surface area is 132 Å². The largest absolute Gasteiger partial charge is 0.321 e. The highest BCUT2D eigenvalue weighted by Crippen LogP contribution is 2.45. The summed E-state index contributed by atoms with van der Waals surface area (Å²) in [6, 6.07) is 0. The van der Waals surface area contributed by atoms with Crippen LogP contribution in [-0.4, -0.2) is 54.6 Å². The number of thiazole rings is 1. The first-order chi connectivity index (χ1) is 9.93. The minimum absolute atomic E-state index is 0.248. The third-order valence-electron chi connectivity index (χ3n) is 4.48. The van der Waals surface area contributed by atoms with Crippen LogP contribution in [0, 0.1) is 0 Å². The average Bonchev–Trinajstić information content (AvgIpc) is 3.17. The van der Waals surface area contributed by atoms with Gasteiger partial charge in [0, 0.05) is 55.5 Å². The summed E-state index contributed by atoms with van der Waals surface area (Å²) in [6.07, 6.45) is 3.67. The number of hydrogen-bond donors (Lipinski definition) is 1. The van der Waals surface area contributed by atoms with E-state index in [9.17, 15) is 0 Å². The zero-order valence-electron chi connectivity index (χ0n) is 13.6. The summed E-state index contributed by atoms with van der Waals surface area (Å²) < 4.78 is 0. The minimum atomic E-state index is -0.248. The molecule has 0 amide bonds. The van der Waals surface area contributed by atoms with Crippen LogP contribution in [-0.2, 0) is 12.0 Å². The maximum atomic E-state index is 6.35. The Hall–Kier alpha value is -0.490. The number of nitrogens with zero attached hydrogens (tertiary/aromatic N) is 3. The molecule has 2 heterocycles. The fraction of sp³-hybridized carbons (Fsp3) is 0.812. The maximum Gasteiger partial charge on any atom is 0.0944 e. The van der Waals surface area contributed by atoms with Gasteiger partial charge in [-0.25, -0.2) is 4.98 Å². The van der Waals surface area contributed by atoms with Gasteiger partial charge in [-0.15, -0.1) is 11.3 Å². The van der Waals surface area contributed by atoms with Crippen molar-refractivity contribution in [3.05, 3.63) is 15.6 Å². The first-order valence-corrected chi connectivity index (χ1v) is 8.95. The van der Waals surface area contributed by atoms with Crippen molar-refractivity contribution in [2.45, 2.75) is 44.6 Å². The molecule has 118 valence electrons. The van der Waals surface area contributed by atoms with Crippen molar-refractivity contribution in [2.75, 3.05) is 39.8 Å². The average molecular weight is 308 g/mol. The summed E-state index contributed by atoms with van der Waals surface area (Å²) in [5.41, 5.74) is 7.40. The van der Waals surface area contributed by atoms with Gasteiger partial charge in [0.05, 0.1) is 10.7 Å². The monoisotopic (exact) mass is 308 g/mol. The predicted molar refractivity (Wildman–Crippen MR) is 88.9 cm³/mol. The van der Waals surface area contributed by atoms with E-state index >= 15 is 0 Å². The number of piperazine rings is 1. The van der Waals surface area contributed by atoms with Crippen molar-refractivity contribution in [3.63, 3.8) is 0 Å². The van der Waals surface area contributed by atoms with Crippen LogP contribution in [0.4, 0.5) is 0 Å². The van der Waals surface area contributed by atoms with E-state index in [1.165, 1.54) is 54.6 Å². The van der Waals surface area contributed by atoms with Crippen molar-refractivity contribution in [3.8, 4) is 0 Å². The first kappa shape index (κ1) is 15.4. The summed E-state index contributed by atoms with van der Waals surface area (Å²) >= 11 is 1.85. The molecule has 2 aliphatic rings. The number of hydrogen-bond acceptors (Lipinski definition) is 5. The number of likely N-dealkylation sites (N-methyl/N-ethyl adjacent to an activating group) is 1. The quantitative estimate of drug-likeness (QED) is 0.904. The van der Waals surface area contributed by atoms with Gasteiger partial charge in [-0.3, -0.25) is 0 Å². The molecule has 1 aliphatic carbocycles. The zero-order valence-corrected chi connectivity index (χ0v) is 14.4. The lowest BCUT2D eigenvalue weighted by Gasteiger charge is -2.32. The second-order valence-corrected chi connectivity index (χ2v) is 8.30. The van der Waals surface area contributed by atoms with E-state index in [-0.39, 0.29) is 5.54 Å². The zero-order chi connectivity index (χ0) is 15.0. The van der Waals surface area contributed by atoms with E-state index in [1.54, 1.807) is 0 Å². The molecule has 0 radical (unpaired) electrons.